The van der Waals surface area contributed by atoms with Crippen LogP contribution in [0.25, 0.3) is 10.9 Å². The largest absolute Gasteiger partial charge is 0.350 e. The normalized spacial score (nSPS) is 10.8. The lowest BCUT2D eigenvalue weighted by atomic mass is 10.1. The summed E-state index contributed by atoms with van der Waals surface area (Å²) in [5.41, 5.74) is 10.7. The van der Waals surface area contributed by atoms with Gasteiger partial charge in [-0.25, -0.2) is 10.2 Å². The Balaban J connectivity index is 2.01. The van der Waals surface area contributed by atoms with Crippen LogP contribution < -0.4 is 11.2 Å². The lowest BCUT2D eigenvalue weighted by molar-refractivity contribution is 0.249. The smallest absolute Gasteiger partial charge is 0.332 e. The predicted octanol–water partition coefficient (Wildman–Crippen LogP) is 2.56. The quantitative estimate of drug-likeness (QED) is 0.571. The summed E-state index contributed by atoms with van der Waals surface area (Å²) in [5, 5.41) is 14.1. The fraction of sp³-hybridized carbons (Fsp3) is 0.0556. The van der Waals surface area contributed by atoms with Crippen molar-refractivity contribution < 1.29 is 4.79 Å². The molecule has 3 N–H and O–H groups in total. The molecule has 24 heavy (non-hydrogen) atoms. The number of fused-ring (bicyclic) bond motifs is 1. The highest BCUT2D eigenvalue weighted by Crippen LogP contribution is 2.22. The molecule has 0 radical (unpaired) electrons. The van der Waals surface area contributed by atoms with E-state index in [2.05, 4.69) is 21.2 Å². The van der Waals surface area contributed by atoms with Crippen molar-refractivity contribution in [1.29, 1.82) is 5.26 Å². The van der Waals surface area contributed by atoms with E-state index in [9.17, 15) is 10.1 Å². The number of nitrogens with one attached hydrogen (secondary N) is 1. The summed E-state index contributed by atoms with van der Waals surface area (Å²) in [6.45, 7) is 0.571. The average molecular weight is 317 g/mol. The molecular weight excluding hydrogens is 302 g/mol. The number of nitrogens with zero attached hydrogens (tertiary/aromatic N) is 3. The molecule has 0 atom stereocenters. The Morgan fingerprint density at radius 3 is 2.79 bits per heavy atom. The first-order chi connectivity index (χ1) is 11.7. The molecular formula is C18H15N5O. The van der Waals surface area contributed by atoms with Gasteiger partial charge in [-0.3, -0.25) is 0 Å². The second-order valence-electron chi connectivity index (χ2n) is 5.23. The summed E-state index contributed by atoms with van der Waals surface area (Å²) in [6.07, 6.45) is 3.49. The minimum atomic E-state index is -0.710. The van der Waals surface area contributed by atoms with Crippen LogP contribution in [0.5, 0.6) is 0 Å². The van der Waals surface area contributed by atoms with Crippen molar-refractivity contribution in [2.24, 2.45) is 10.8 Å². The fourth-order valence-corrected chi connectivity index (χ4v) is 2.63. The topological polar surface area (TPSA) is 96.2 Å². The molecule has 0 saturated heterocycles. The van der Waals surface area contributed by atoms with E-state index < -0.39 is 6.03 Å². The SMILES string of the molecule is N#Cc1ccccc1Cn1cc(C=NNC(N)=O)c2ccccc21. The first-order valence-electron chi connectivity index (χ1n) is 7.33. The standard InChI is InChI=1S/C18H15N5O/c19-9-13-5-1-2-6-14(13)11-23-12-15(10-21-22-18(20)24)16-7-3-4-8-17(16)23/h1-8,10,12H,11H2,(H3,20,22,24). The van der Waals surface area contributed by atoms with Crippen LogP contribution in [0.4, 0.5) is 4.79 Å². The predicted molar refractivity (Wildman–Crippen MR) is 92.5 cm³/mol. The van der Waals surface area contributed by atoms with Crippen LogP contribution >= 0.6 is 0 Å². The number of nitriles is 1. The number of para-hydroxylation sites is 1. The molecule has 0 aliphatic carbocycles. The number of nitrogens with two attached hydrogens (primary N) is 1. The molecule has 1 heterocycles. The first-order valence-corrected chi connectivity index (χ1v) is 7.33. The second kappa shape index (κ2) is 6.67. The molecule has 0 fully saturated rings. The van der Waals surface area contributed by atoms with Gasteiger partial charge < -0.3 is 10.3 Å². The van der Waals surface area contributed by atoms with Crippen molar-refractivity contribution in [2.45, 2.75) is 6.54 Å². The maximum Gasteiger partial charge on any atom is 0.332 e. The summed E-state index contributed by atoms with van der Waals surface area (Å²) >= 11 is 0. The van der Waals surface area contributed by atoms with Crippen LogP contribution in [-0.2, 0) is 6.54 Å². The molecule has 3 rings (SSSR count). The maximum atomic E-state index is 10.7. The van der Waals surface area contributed by atoms with E-state index in [1.807, 2.05) is 48.7 Å². The van der Waals surface area contributed by atoms with Crippen LogP contribution in [0.3, 0.4) is 0 Å². The van der Waals surface area contributed by atoms with Crippen molar-refractivity contribution >= 4 is 23.1 Å². The number of rotatable bonds is 4. The van der Waals surface area contributed by atoms with Gasteiger partial charge in [0.25, 0.3) is 0 Å². The lowest BCUT2D eigenvalue weighted by Crippen LogP contribution is -2.24. The molecule has 6 nitrogen and oxygen atoms in total. The van der Waals surface area contributed by atoms with E-state index in [-0.39, 0.29) is 0 Å². The number of carbonyl (C=O) groups excluding carboxylic acids is 1. The zero-order chi connectivity index (χ0) is 16.9. The van der Waals surface area contributed by atoms with Gasteiger partial charge in [-0.15, -0.1) is 0 Å². The van der Waals surface area contributed by atoms with Crippen molar-refractivity contribution in [3.63, 3.8) is 0 Å². The Morgan fingerprint density at radius 1 is 1.25 bits per heavy atom. The van der Waals surface area contributed by atoms with Gasteiger partial charge in [0.2, 0.25) is 0 Å². The Kier molecular flexibility index (Phi) is 4.25. The van der Waals surface area contributed by atoms with E-state index in [4.69, 9.17) is 5.73 Å². The zero-order valence-electron chi connectivity index (χ0n) is 12.8. The van der Waals surface area contributed by atoms with Crippen molar-refractivity contribution in [3.05, 3.63) is 71.4 Å². The highest BCUT2D eigenvalue weighted by Gasteiger charge is 2.09. The van der Waals surface area contributed by atoms with E-state index >= 15 is 0 Å². The van der Waals surface area contributed by atoms with Gasteiger partial charge in [-0.05, 0) is 17.7 Å². The molecule has 6 heteroatoms. The van der Waals surface area contributed by atoms with Gasteiger partial charge in [0.1, 0.15) is 0 Å². The van der Waals surface area contributed by atoms with Crippen LogP contribution in [0, 0.1) is 11.3 Å². The van der Waals surface area contributed by atoms with Gasteiger partial charge >= 0.3 is 6.03 Å². The summed E-state index contributed by atoms with van der Waals surface area (Å²) in [6, 6.07) is 16.9. The third-order valence-electron chi connectivity index (χ3n) is 3.68. The second-order valence-corrected chi connectivity index (χ2v) is 5.23. The minimum absolute atomic E-state index is 0.571. The van der Waals surface area contributed by atoms with Crippen LogP contribution in [-0.4, -0.2) is 16.8 Å². The molecule has 0 aliphatic heterocycles. The molecule has 0 bridgehead atoms. The van der Waals surface area contributed by atoms with Gasteiger partial charge in [0.15, 0.2) is 0 Å². The number of hydrogen-bond donors (Lipinski definition) is 2. The summed E-state index contributed by atoms with van der Waals surface area (Å²) in [4.78, 5) is 10.7. The third kappa shape index (κ3) is 3.10. The number of carbonyl (C=O) groups is 1. The Hall–Kier alpha value is -3.59. The van der Waals surface area contributed by atoms with Crippen molar-refractivity contribution in [3.8, 4) is 6.07 Å². The van der Waals surface area contributed by atoms with E-state index in [0.717, 1.165) is 22.0 Å². The van der Waals surface area contributed by atoms with Crippen LogP contribution in [0.2, 0.25) is 0 Å². The molecule has 0 spiro atoms. The molecule has 0 aliphatic rings. The van der Waals surface area contributed by atoms with Gasteiger partial charge in [-0.2, -0.15) is 10.4 Å². The molecule has 0 saturated carbocycles. The molecule has 118 valence electrons. The zero-order valence-corrected chi connectivity index (χ0v) is 12.8. The Bertz CT molecular complexity index is 965. The molecule has 2 aromatic carbocycles. The monoisotopic (exact) mass is 317 g/mol. The average Bonchev–Trinajstić information content (AvgIpc) is 2.93. The summed E-state index contributed by atoms with van der Waals surface area (Å²) in [5.74, 6) is 0. The summed E-state index contributed by atoms with van der Waals surface area (Å²) in [7, 11) is 0. The summed E-state index contributed by atoms with van der Waals surface area (Å²) < 4.78 is 2.05. The van der Waals surface area contributed by atoms with Crippen molar-refractivity contribution in [1.82, 2.24) is 9.99 Å². The third-order valence-corrected chi connectivity index (χ3v) is 3.68. The van der Waals surface area contributed by atoms with E-state index in [0.29, 0.717) is 12.1 Å². The van der Waals surface area contributed by atoms with Gasteiger partial charge in [0.05, 0.1) is 17.8 Å². The number of benzene rings is 2. The maximum absolute atomic E-state index is 10.7. The van der Waals surface area contributed by atoms with Gasteiger partial charge in [0, 0.05) is 29.2 Å². The number of urea groups is 1. The van der Waals surface area contributed by atoms with Crippen molar-refractivity contribution in [2.75, 3.05) is 0 Å². The molecule has 2 amide bonds. The molecule has 3 aromatic rings. The molecule has 1 aromatic heterocycles. The van der Waals surface area contributed by atoms with Crippen LogP contribution in [0.1, 0.15) is 16.7 Å². The highest BCUT2D eigenvalue weighted by molar-refractivity contribution is 5.99. The Morgan fingerprint density at radius 2 is 2.00 bits per heavy atom. The number of hydrogen-bond acceptors (Lipinski definition) is 3. The fourth-order valence-electron chi connectivity index (χ4n) is 2.63. The lowest BCUT2D eigenvalue weighted by Gasteiger charge is -2.07. The molecule has 0 unspecified atom stereocenters. The first kappa shape index (κ1) is 15.3. The highest BCUT2D eigenvalue weighted by atomic mass is 16.2. The van der Waals surface area contributed by atoms with E-state index in [1.165, 1.54) is 0 Å². The van der Waals surface area contributed by atoms with Gasteiger partial charge in [-0.1, -0.05) is 36.4 Å². The number of hydrazone groups is 1. The van der Waals surface area contributed by atoms with Crippen LogP contribution in [0.15, 0.2) is 59.8 Å². The number of primary amides is 1. The minimum Gasteiger partial charge on any atom is -0.350 e. The Labute approximate surface area is 138 Å². The number of aromatic nitrogens is 1. The van der Waals surface area contributed by atoms with E-state index in [1.54, 1.807) is 12.3 Å². The number of amides is 2.